The number of fused-ring (bicyclic) bond motifs is 4. The summed E-state index contributed by atoms with van der Waals surface area (Å²) < 4.78 is 0. The van der Waals surface area contributed by atoms with E-state index in [9.17, 15) is 0 Å². The number of hydrogen-bond donors (Lipinski definition) is 1. The Bertz CT molecular complexity index is 495. The van der Waals surface area contributed by atoms with Gasteiger partial charge in [-0.3, -0.25) is 10.4 Å². The minimum absolute atomic E-state index is 0.746. The molecule has 2 aliphatic heterocycles. The molecule has 4 rings (SSSR count). The first kappa shape index (κ1) is 18.9. The second-order valence-corrected chi connectivity index (χ2v) is 7.71. The summed E-state index contributed by atoms with van der Waals surface area (Å²) in [5, 5.41) is 4.94. The van der Waals surface area contributed by atoms with Crippen molar-refractivity contribution in [2.75, 3.05) is 13.1 Å². The average Bonchev–Trinajstić information content (AvgIpc) is 2.90. The molecule has 3 heterocycles. The molecule has 1 aromatic rings. The summed E-state index contributed by atoms with van der Waals surface area (Å²) in [5.74, 6) is 1.63. The van der Waals surface area contributed by atoms with Crippen molar-refractivity contribution >= 4 is 43.7 Å². The van der Waals surface area contributed by atoms with E-state index in [-0.39, 0.29) is 0 Å². The number of halogens is 2. The zero-order valence-electron chi connectivity index (χ0n) is 12.6. The van der Waals surface area contributed by atoms with Gasteiger partial charge in [0.1, 0.15) is 0 Å². The van der Waals surface area contributed by atoms with E-state index in [0.29, 0.717) is 0 Å². The van der Waals surface area contributed by atoms with E-state index in [1.807, 2.05) is 18.2 Å². The van der Waals surface area contributed by atoms with Crippen LogP contribution in [0.2, 0.25) is 0 Å². The molecule has 2 saturated heterocycles. The molecule has 8 heteroatoms. The van der Waals surface area contributed by atoms with Gasteiger partial charge in [0.15, 0.2) is 5.11 Å². The number of pyridine rings is 1. The van der Waals surface area contributed by atoms with Gasteiger partial charge in [0.25, 0.3) is 0 Å². The Hall–Kier alpha value is -0.391. The fourth-order valence-electron chi connectivity index (χ4n) is 3.14. The summed E-state index contributed by atoms with van der Waals surface area (Å²) >= 11 is 6.22. The van der Waals surface area contributed by atoms with Gasteiger partial charge in [0.05, 0.1) is 11.9 Å². The molecule has 0 unspecified atom stereocenters. The fraction of sp³-hybridized carbons (Fsp3) is 0.533. The van der Waals surface area contributed by atoms with Gasteiger partial charge < -0.3 is 4.90 Å². The molecule has 23 heavy (non-hydrogen) atoms. The van der Waals surface area contributed by atoms with Gasteiger partial charge in [-0.15, -0.1) is 0 Å². The maximum atomic E-state index is 5.46. The molecular weight excluding hydrogens is 403 g/mol. The number of nitrogens with zero attached hydrogens (tertiary/aromatic N) is 3. The van der Waals surface area contributed by atoms with E-state index in [0.717, 1.165) is 48.9 Å². The second-order valence-electron chi connectivity index (χ2n) is 5.76. The van der Waals surface area contributed by atoms with E-state index in [2.05, 4.69) is 40.6 Å². The van der Waals surface area contributed by atoms with Crippen molar-refractivity contribution in [2.24, 2.45) is 16.9 Å². The first-order valence-corrected chi connectivity index (χ1v) is 10.5. The zero-order valence-corrected chi connectivity index (χ0v) is 15.9. The van der Waals surface area contributed by atoms with Crippen molar-refractivity contribution in [3.8, 4) is 0 Å². The maximum absolute atomic E-state index is 5.46. The van der Waals surface area contributed by atoms with Crippen LogP contribution in [-0.4, -0.2) is 34.3 Å². The molecule has 4 nitrogen and oxygen atoms in total. The second kappa shape index (κ2) is 10.5. The van der Waals surface area contributed by atoms with Gasteiger partial charge in [-0.25, -0.2) is 0 Å². The summed E-state index contributed by atoms with van der Waals surface area (Å²) in [7, 11) is 9.34. The van der Waals surface area contributed by atoms with Crippen LogP contribution in [0.1, 0.15) is 31.4 Å². The first-order valence-electron chi connectivity index (χ1n) is 7.53. The first-order chi connectivity index (χ1) is 11.2. The number of rotatable bonds is 2. The predicted molar refractivity (Wildman–Crippen MR) is 96.3 cm³/mol. The molecule has 0 radical (unpaired) electrons. The van der Waals surface area contributed by atoms with Crippen LogP contribution < -0.4 is 5.43 Å². The van der Waals surface area contributed by atoms with Gasteiger partial charge >= 0.3 is 33.3 Å². The van der Waals surface area contributed by atoms with E-state index in [1.54, 1.807) is 12.4 Å². The summed E-state index contributed by atoms with van der Waals surface area (Å²) in [6.45, 7) is 2.17. The van der Waals surface area contributed by atoms with Crippen molar-refractivity contribution in [1.29, 1.82) is 0 Å². The third-order valence-electron chi connectivity index (χ3n) is 4.26. The Balaban J connectivity index is 0.000000595. The fourth-order valence-corrected chi connectivity index (χ4v) is 3.34. The number of thiocarbonyl (C=S) groups is 1. The van der Waals surface area contributed by atoms with Crippen LogP contribution >= 0.6 is 32.4 Å². The Morgan fingerprint density at radius 2 is 1.87 bits per heavy atom. The van der Waals surface area contributed by atoms with Crippen LogP contribution in [0, 0.1) is 11.8 Å². The molecule has 1 aliphatic carbocycles. The molecule has 1 saturated carbocycles. The van der Waals surface area contributed by atoms with Crippen LogP contribution in [0.25, 0.3) is 0 Å². The Morgan fingerprint density at radius 1 is 1.26 bits per heavy atom. The van der Waals surface area contributed by atoms with E-state index < -0.39 is 0 Å². The van der Waals surface area contributed by atoms with E-state index in [1.165, 1.54) is 25.7 Å². The molecule has 2 bridgehead atoms. The number of hydrogen-bond acceptors (Lipinski definition) is 3. The number of nitrogens with one attached hydrogen (secondary N) is 1. The molecule has 131 valence electrons. The van der Waals surface area contributed by atoms with Crippen molar-refractivity contribution in [2.45, 2.75) is 25.7 Å². The molecule has 0 aromatic carbocycles. The van der Waals surface area contributed by atoms with Crippen molar-refractivity contribution < 1.29 is 13.1 Å². The minimum atomic E-state index is 0.746. The molecule has 0 amide bonds. The zero-order chi connectivity index (χ0) is 16.5. The van der Waals surface area contributed by atoms with Crippen LogP contribution in [0.3, 0.4) is 0 Å². The quantitative estimate of drug-likeness (QED) is 0.341. The van der Waals surface area contributed by atoms with Gasteiger partial charge in [-0.2, -0.15) is 5.10 Å². The summed E-state index contributed by atoms with van der Waals surface area (Å²) in [6, 6.07) is 5.75. The molecule has 1 aromatic heterocycles. The number of hydrazone groups is 1. The SMILES string of the molecule is S=C(N/N=C/c1ccccn1)N1CC2CCC(CC2)C1.[Cl][Cu][Cl]. The molecule has 3 aliphatic rings. The number of aromatic nitrogens is 1. The van der Waals surface area contributed by atoms with Crippen LogP contribution in [-0.2, 0) is 13.1 Å². The molecule has 0 spiro atoms. The molecular formula is C15H20Cl2CuN4S. The molecule has 3 fully saturated rings. The Labute approximate surface area is 157 Å². The Morgan fingerprint density at radius 3 is 2.39 bits per heavy atom. The summed E-state index contributed by atoms with van der Waals surface area (Å²) in [5.41, 5.74) is 3.82. The molecule has 1 N–H and O–H groups in total. The van der Waals surface area contributed by atoms with Crippen LogP contribution in [0.5, 0.6) is 0 Å². The third-order valence-corrected chi connectivity index (χ3v) is 4.60. The summed E-state index contributed by atoms with van der Waals surface area (Å²) in [4.78, 5) is 6.48. The summed E-state index contributed by atoms with van der Waals surface area (Å²) in [6.07, 6.45) is 8.91. The third kappa shape index (κ3) is 6.55. The molecule has 0 atom stereocenters. The predicted octanol–water partition coefficient (Wildman–Crippen LogP) is 3.79. The van der Waals surface area contributed by atoms with E-state index >= 15 is 0 Å². The van der Waals surface area contributed by atoms with Crippen molar-refractivity contribution in [3.63, 3.8) is 0 Å². The monoisotopic (exact) mass is 421 g/mol. The van der Waals surface area contributed by atoms with Crippen molar-refractivity contribution in [1.82, 2.24) is 15.3 Å². The van der Waals surface area contributed by atoms with Crippen LogP contribution in [0.15, 0.2) is 29.5 Å². The standard InChI is InChI=1S/C15H20N4S.2ClH.Cu/c20-15(18-17-9-14-3-1-2-8-16-14)19-10-12-4-5-13(11-19)7-6-12;;;/h1-3,8-9,12-13H,4-7,10-11H2,(H,18,20);2*1H;/q;;;+2/p-2/b17-9+;;;. The Kier molecular flexibility index (Phi) is 8.62. The van der Waals surface area contributed by atoms with Gasteiger partial charge in [-0.1, -0.05) is 6.07 Å². The normalized spacial score (nSPS) is 23.3. The van der Waals surface area contributed by atoms with Crippen molar-refractivity contribution in [3.05, 3.63) is 30.1 Å². The van der Waals surface area contributed by atoms with Crippen LogP contribution in [0.4, 0.5) is 0 Å². The average molecular weight is 423 g/mol. The topological polar surface area (TPSA) is 40.5 Å². The van der Waals surface area contributed by atoms with Gasteiger partial charge in [-0.05, 0) is 61.9 Å². The van der Waals surface area contributed by atoms with Gasteiger partial charge in [0.2, 0.25) is 0 Å². The van der Waals surface area contributed by atoms with Gasteiger partial charge in [0, 0.05) is 19.3 Å². The van der Waals surface area contributed by atoms with E-state index in [4.69, 9.17) is 12.2 Å².